The maximum Gasteiger partial charge on any atom is 0.354 e. The van der Waals surface area contributed by atoms with E-state index in [0.717, 1.165) is 11.2 Å². The second-order valence-electron chi connectivity index (χ2n) is 2.99. The van der Waals surface area contributed by atoms with Crippen LogP contribution in [-0.4, -0.2) is 27.1 Å². The number of fused-ring (bicyclic) bond motifs is 1. The van der Waals surface area contributed by atoms with Crippen LogP contribution in [0.3, 0.4) is 0 Å². The van der Waals surface area contributed by atoms with Crippen molar-refractivity contribution < 1.29 is 9.53 Å². The first kappa shape index (κ1) is 8.80. The molecule has 0 atom stereocenters. The average molecular weight is 193 g/mol. The molecule has 0 saturated heterocycles. The lowest BCUT2D eigenvalue weighted by atomic mass is 10.4. The molecule has 0 unspecified atom stereocenters. The number of hydrogen-bond acceptors (Lipinski definition) is 3. The number of esters is 1. The number of hydrogen-bond donors (Lipinski definition) is 1. The molecule has 1 N–H and O–H groups in total. The van der Waals surface area contributed by atoms with Crippen LogP contribution in [0.2, 0.25) is 0 Å². The number of aromatic amines is 1. The van der Waals surface area contributed by atoms with E-state index in [2.05, 4.69) is 9.97 Å². The zero-order valence-electron chi connectivity index (χ0n) is 8.07. The van der Waals surface area contributed by atoms with E-state index < -0.39 is 0 Å². The Morgan fingerprint density at radius 2 is 2.50 bits per heavy atom. The number of carbonyl (C=O) groups excluding carboxylic acids is 1. The lowest BCUT2D eigenvalue weighted by Crippen LogP contribution is -2.04. The summed E-state index contributed by atoms with van der Waals surface area (Å²) in [5.74, 6) is -0.342. The number of nitrogens with one attached hydrogen (secondary N) is 1. The Hall–Kier alpha value is -1.78. The van der Waals surface area contributed by atoms with Crippen molar-refractivity contribution in [2.75, 3.05) is 6.61 Å². The zero-order chi connectivity index (χ0) is 10.1. The number of rotatable bonds is 2. The summed E-state index contributed by atoms with van der Waals surface area (Å²) < 4.78 is 6.68. The summed E-state index contributed by atoms with van der Waals surface area (Å²) in [5, 5.41) is 0. The molecule has 0 saturated carbocycles. The molecular weight excluding hydrogens is 182 g/mol. The van der Waals surface area contributed by atoms with Crippen LogP contribution in [0.4, 0.5) is 0 Å². The highest BCUT2D eigenvalue weighted by Gasteiger charge is 2.12. The third-order valence-electron chi connectivity index (χ3n) is 1.99. The Morgan fingerprint density at radius 1 is 1.71 bits per heavy atom. The molecule has 74 valence electrons. The van der Waals surface area contributed by atoms with Gasteiger partial charge in [-0.05, 0) is 13.0 Å². The molecule has 2 aromatic heterocycles. The van der Waals surface area contributed by atoms with Gasteiger partial charge < -0.3 is 14.3 Å². The van der Waals surface area contributed by atoms with E-state index in [1.165, 1.54) is 0 Å². The molecule has 0 aliphatic heterocycles. The van der Waals surface area contributed by atoms with Crippen LogP contribution in [0, 0.1) is 0 Å². The summed E-state index contributed by atoms with van der Waals surface area (Å²) >= 11 is 0. The predicted octanol–water partition coefficient (Wildman–Crippen LogP) is 1.08. The second-order valence-corrected chi connectivity index (χ2v) is 2.99. The maximum atomic E-state index is 11.3. The molecule has 2 rings (SSSR count). The van der Waals surface area contributed by atoms with Crippen LogP contribution in [0.1, 0.15) is 17.4 Å². The molecule has 2 aromatic rings. The third-order valence-corrected chi connectivity index (χ3v) is 1.99. The normalized spacial score (nSPS) is 10.7. The summed E-state index contributed by atoms with van der Waals surface area (Å²) in [6.07, 6.45) is 1.69. The van der Waals surface area contributed by atoms with Crippen molar-refractivity contribution in [3.05, 3.63) is 18.1 Å². The lowest BCUT2D eigenvalue weighted by Gasteiger charge is -1.97. The largest absolute Gasteiger partial charge is 0.461 e. The summed E-state index contributed by atoms with van der Waals surface area (Å²) in [6, 6.07) is 1.69. The molecule has 0 aliphatic rings. The van der Waals surface area contributed by atoms with Crippen molar-refractivity contribution >= 4 is 17.1 Å². The molecule has 0 bridgehead atoms. The number of aryl methyl sites for hydroxylation is 1. The molecular formula is C9H11N3O2. The van der Waals surface area contributed by atoms with Gasteiger partial charge in [0.1, 0.15) is 16.9 Å². The number of imidazole rings is 1. The monoisotopic (exact) mass is 193 g/mol. The van der Waals surface area contributed by atoms with Gasteiger partial charge in [0.25, 0.3) is 0 Å². The van der Waals surface area contributed by atoms with Gasteiger partial charge in [0.2, 0.25) is 0 Å². The Balaban J connectivity index is 2.40. The van der Waals surface area contributed by atoms with Crippen LogP contribution in [0.15, 0.2) is 12.4 Å². The van der Waals surface area contributed by atoms with Crippen molar-refractivity contribution in [1.82, 2.24) is 14.5 Å². The van der Waals surface area contributed by atoms with E-state index in [4.69, 9.17) is 4.74 Å². The molecule has 14 heavy (non-hydrogen) atoms. The Bertz CT molecular complexity index is 469. The molecule has 0 spiro atoms. The Kier molecular flexibility index (Phi) is 1.99. The molecule has 0 aliphatic carbocycles. The first-order chi connectivity index (χ1) is 6.72. The van der Waals surface area contributed by atoms with Crippen LogP contribution in [-0.2, 0) is 11.8 Å². The minimum Gasteiger partial charge on any atom is -0.461 e. The Morgan fingerprint density at radius 3 is 3.14 bits per heavy atom. The first-order valence-electron chi connectivity index (χ1n) is 4.39. The minimum absolute atomic E-state index is 0.342. The van der Waals surface area contributed by atoms with E-state index >= 15 is 0 Å². The van der Waals surface area contributed by atoms with Crippen LogP contribution >= 0.6 is 0 Å². The summed E-state index contributed by atoms with van der Waals surface area (Å²) in [6.45, 7) is 2.15. The molecule has 0 fully saturated rings. The van der Waals surface area contributed by atoms with E-state index in [9.17, 15) is 4.79 Å². The summed E-state index contributed by atoms with van der Waals surface area (Å²) in [4.78, 5) is 18.4. The zero-order valence-corrected chi connectivity index (χ0v) is 8.07. The van der Waals surface area contributed by atoms with Gasteiger partial charge in [-0.1, -0.05) is 0 Å². The number of H-pyrrole nitrogens is 1. The SMILES string of the molecule is CCOC(=O)c1cc2ncn(C)c2[nH]1. The van der Waals surface area contributed by atoms with E-state index in [1.807, 2.05) is 11.6 Å². The van der Waals surface area contributed by atoms with Crippen LogP contribution in [0.5, 0.6) is 0 Å². The van der Waals surface area contributed by atoms with Crippen molar-refractivity contribution in [2.45, 2.75) is 6.92 Å². The number of aromatic nitrogens is 3. The molecule has 5 nitrogen and oxygen atoms in total. The fourth-order valence-corrected chi connectivity index (χ4v) is 1.33. The van der Waals surface area contributed by atoms with Crippen LogP contribution < -0.4 is 0 Å². The second kappa shape index (κ2) is 3.17. The highest BCUT2D eigenvalue weighted by molar-refractivity contribution is 5.92. The number of ether oxygens (including phenoxy) is 1. The average Bonchev–Trinajstić information content (AvgIpc) is 2.69. The van der Waals surface area contributed by atoms with E-state index in [-0.39, 0.29) is 5.97 Å². The highest BCUT2D eigenvalue weighted by atomic mass is 16.5. The fraction of sp³-hybridized carbons (Fsp3) is 0.333. The highest BCUT2D eigenvalue weighted by Crippen LogP contribution is 2.13. The van der Waals surface area contributed by atoms with Gasteiger partial charge >= 0.3 is 5.97 Å². The van der Waals surface area contributed by atoms with Crippen LogP contribution in [0.25, 0.3) is 11.2 Å². The molecule has 5 heteroatoms. The lowest BCUT2D eigenvalue weighted by molar-refractivity contribution is 0.0520. The maximum absolute atomic E-state index is 11.3. The van der Waals surface area contributed by atoms with Crippen molar-refractivity contribution in [3.63, 3.8) is 0 Å². The number of nitrogens with zero attached hydrogens (tertiary/aromatic N) is 2. The predicted molar refractivity (Wildman–Crippen MR) is 51.0 cm³/mol. The van der Waals surface area contributed by atoms with Gasteiger partial charge in [0.05, 0.1) is 12.9 Å². The van der Waals surface area contributed by atoms with E-state index in [1.54, 1.807) is 19.3 Å². The van der Waals surface area contributed by atoms with Gasteiger partial charge in [-0.3, -0.25) is 0 Å². The molecule has 0 aromatic carbocycles. The standard InChI is InChI=1S/C9H11N3O2/c1-3-14-9(13)7-4-6-8(11-7)12(2)5-10-6/h4-5,11H,3H2,1-2H3. The van der Waals surface area contributed by atoms with E-state index in [0.29, 0.717) is 12.3 Å². The van der Waals surface area contributed by atoms with Gasteiger partial charge in [-0.15, -0.1) is 0 Å². The van der Waals surface area contributed by atoms with Crippen molar-refractivity contribution in [3.8, 4) is 0 Å². The van der Waals surface area contributed by atoms with Gasteiger partial charge in [-0.2, -0.15) is 0 Å². The van der Waals surface area contributed by atoms with Gasteiger partial charge in [0, 0.05) is 7.05 Å². The van der Waals surface area contributed by atoms with Gasteiger partial charge in [-0.25, -0.2) is 9.78 Å². The quantitative estimate of drug-likeness (QED) is 0.726. The summed E-state index contributed by atoms with van der Waals surface area (Å²) in [5.41, 5.74) is 2.05. The molecule has 2 heterocycles. The smallest absolute Gasteiger partial charge is 0.354 e. The molecule has 0 amide bonds. The van der Waals surface area contributed by atoms with Crippen molar-refractivity contribution in [1.29, 1.82) is 0 Å². The summed E-state index contributed by atoms with van der Waals surface area (Å²) in [7, 11) is 1.86. The molecule has 0 radical (unpaired) electrons. The number of carbonyl (C=O) groups is 1. The first-order valence-corrected chi connectivity index (χ1v) is 4.39. The minimum atomic E-state index is -0.342. The fourth-order valence-electron chi connectivity index (χ4n) is 1.33. The van der Waals surface area contributed by atoms with Crippen molar-refractivity contribution in [2.24, 2.45) is 7.05 Å². The topological polar surface area (TPSA) is 59.9 Å². The Labute approximate surface area is 80.7 Å². The third kappa shape index (κ3) is 1.26. The van der Waals surface area contributed by atoms with Gasteiger partial charge in [0.15, 0.2) is 0 Å².